The van der Waals surface area contributed by atoms with E-state index in [1.54, 1.807) is 7.11 Å². The first-order chi connectivity index (χ1) is 9.65. The van der Waals surface area contributed by atoms with Gasteiger partial charge in [0.05, 0.1) is 0 Å². The van der Waals surface area contributed by atoms with Crippen molar-refractivity contribution in [3.8, 4) is 0 Å². The lowest BCUT2D eigenvalue weighted by atomic mass is 9.90. The molecule has 3 rings (SSSR count). The molecule has 3 atom stereocenters. The monoisotopic (exact) mass is 279 g/mol. The highest BCUT2D eigenvalue weighted by atomic mass is 16.5. The van der Waals surface area contributed by atoms with Crippen molar-refractivity contribution in [2.45, 2.75) is 64.1 Å². The van der Waals surface area contributed by atoms with Gasteiger partial charge in [0.25, 0.3) is 0 Å². The quantitative estimate of drug-likeness (QED) is 0.897. The predicted octanol–water partition coefficient (Wildman–Crippen LogP) is 2.49. The van der Waals surface area contributed by atoms with E-state index in [0.717, 1.165) is 12.3 Å². The highest BCUT2D eigenvalue weighted by Gasteiger charge is 2.34. The molecule has 2 aliphatic rings. The molecule has 0 spiro atoms. The van der Waals surface area contributed by atoms with E-state index in [-0.39, 0.29) is 6.10 Å². The minimum Gasteiger partial charge on any atom is -0.373 e. The van der Waals surface area contributed by atoms with Crippen molar-refractivity contribution in [1.29, 1.82) is 0 Å². The zero-order chi connectivity index (χ0) is 14.1. The molecule has 5 nitrogen and oxygen atoms in total. The summed E-state index contributed by atoms with van der Waals surface area (Å²) >= 11 is 0. The molecule has 0 amide bonds. The fraction of sp³-hybridized carbons (Fsp3) is 0.867. The van der Waals surface area contributed by atoms with Gasteiger partial charge in [-0.15, -0.1) is 0 Å². The number of nitrogens with one attached hydrogen (secondary N) is 1. The summed E-state index contributed by atoms with van der Waals surface area (Å²) in [5, 5.41) is 7.77. The van der Waals surface area contributed by atoms with Gasteiger partial charge in [0.2, 0.25) is 11.7 Å². The molecule has 2 saturated heterocycles. The summed E-state index contributed by atoms with van der Waals surface area (Å²) in [6.45, 7) is 4.21. The summed E-state index contributed by atoms with van der Waals surface area (Å²) in [5.41, 5.74) is 0. The maximum absolute atomic E-state index is 5.45. The normalized spacial score (nSPS) is 30.9. The molecule has 1 N–H and O–H groups in total. The highest BCUT2D eigenvalue weighted by molar-refractivity contribution is 4.97. The van der Waals surface area contributed by atoms with Crippen LogP contribution in [0.25, 0.3) is 0 Å². The molecular formula is C15H25N3O2. The van der Waals surface area contributed by atoms with Crippen LogP contribution in [0.15, 0.2) is 4.52 Å². The number of aromatic nitrogens is 2. The number of nitrogens with zero attached hydrogens (tertiary/aromatic N) is 2. The number of fused-ring (bicyclic) bond motifs is 2. The summed E-state index contributed by atoms with van der Waals surface area (Å²) < 4.78 is 10.9. The third-order valence-corrected chi connectivity index (χ3v) is 4.63. The summed E-state index contributed by atoms with van der Waals surface area (Å²) in [4.78, 5) is 4.54. The van der Waals surface area contributed by atoms with Crippen LogP contribution in [0.5, 0.6) is 0 Å². The smallest absolute Gasteiger partial charge is 0.227 e. The lowest BCUT2D eigenvalue weighted by Gasteiger charge is -2.28. The van der Waals surface area contributed by atoms with E-state index in [0.29, 0.717) is 29.7 Å². The van der Waals surface area contributed by atoms with Crippen LogP contribution in [0.3, 0.4) is 0 Å². The number of hydrogen-bond donors (Lipinski definition) is 1. The molecule has 3 unspecified atom stereocenters. The van der Waals surface area contributed by atoms with Gasteiger partial charge in [-0.1, -0.05) is 19.0 Å². The topological polar surface area (TPSA) is 60.2 Å². The van der Waals surface area contributed by atoms with Crippen molar-refractivity contribution in [3.05, 3.63) is 11.7 Å². The minimum atomic E-state index is -0.0725. The maximum atomic E-state index is 5.45. The summed E-state index contributed by atoms with van der Waals surface area (Å²) in [5.74, 6) is 2.49. The molecule has 2 aliphatic heterocycles. The Labute approximate surface area is 120 Å². The fourth-order valence-electron chi connectivity index (χ4n) is 3.73. The van der Waals surface area contributed by atoms with Crippen LogP contribution >= 0.6 is 0 Å². The summed E-state index contributed by atoms with van der Waals surface area (Å²) in [6.07, 6.45) is 5.98. The van der Waals surface area contributed by atoms with Crippen LogP contribution in [-0.4, -0.2) is 29.3 Å². The third-order valence-electron chi connectivity index (χ3n) is 4.63. The van der Waals surface area contributed by atoms with Crippen LogP contribution in [-0.2, 0) is 11.2 Å². The Balaban J connectivity index is 1.62. The Morgan fingerprint density at radius 3 is 2.60 bits per heavy atom. The van der Waals surface area contributed by atoms with E-state index < -0.39 is 0 Å². The van der Waals surface area contributed by atoms with Gasteiger partial charge in [0.1, 0.15) is 6.10 Å². The molecule has 0 radical (unpaired) electrons. The number of rotatable bonds is 5. The van der Waals surface area contributed by atoms with Crippen LogP contribution in [0.1, 0.15) is 57.3 Å². The standard InChI is InChI=1S/C15H25N3O2/c1-9(2)14(19-3)15-17-13(20-18-15)8-10-6-11-4-5-12(7-10)16-11/h9-12,14,16H,4-8H2,1-3H3. The van der Waals surface area contributed by atoms with E-state index in [4.69, 9.17) is 9.26 Å². The highest BCUT2D eigenvalue weighted by Crippen LogP contribution is 2.33. The van der Waals surface area contributed by atoms with Gasteiger partial charge in [0.15, 0.2) is 0 Å². The first kappa shape index (κ1) is 14.0. The van der Waals surface area contributed by atoms with E-state index in [1.807, 2.05) is 0 Å². The van der Waals surface area contributed by atoms with Crippen LogP contribution < -0.4 is 5.32 Å². The van der Waals surface area contributed by atoms with Crippen molar-refractivity contribution in [2.24, 2.45) is 11.8 Å². The van der Waals surface area contributed by atoms with E-state index in [2.05, 4.69) is 29.3 Å². The summed E-state index contributed by atoms with van der Waals surface area (Å²) in [7, 11) is 1.70. The number of methoxy groups -OCH3 is 1. The zero-order valence-electron chi connectivity index (χ0n) is 12.6. The first-order valence-electron chi connectivity index (χ1n) is 7.77. The molecule has 112 valence electrons. The lowest BCUT2D eigenvalue weighted by molar-refractivity contribution is 0.0555. The Morgan fingerprint density at radius 1 is 1.30 bits per heavy atom. The van der Waals surface area contributed by atoms with Crippen LogP contribution in [0.2, 0.25) is 0 Å². The number of piperidine rings is 1. The van der Waals surface area contributed by atoms with E-state index >= 15 is 0 Å². The van der Waals surface area contributed by atoms with Gasteiger partial charge in [-0.05, 0) is 37.5 Å². The molecule has 3 heterocycles. The first-order valence-corrected chi connectivity index (χ1v) is 7.77. The van der Waals surface area contributed by atoms with Gasteiger partial charge in [-0.25, -0.2) is 0 Å². The Kier molecular flexibility index (Phi) is 4.08. The van der Waals surface area contributed by atoms with E-state index in [9.17, 15) is 0 Å². The Morgan fingerprint density at radius 2 is 2.00 bits per heavy atom. The predicted molar refractivity (Wildman–Crippen MR) is 75.3 cm³/mol. The second-order valence-electron chi connectivity index (χ2n) is 6.63. The third kappa shape index (κ3) is 2.88. The second kappa shape index (κ2) is 5.82. The van der Waals surface area contributed by atoms with Crippen LogP contribution in [0, 0.1) is 11.8 Å². The molecule has 2 fully saturated rings. The molecule has 1 aromatic heterocycles. The molecule has 0 saturated carbocycles. The largest absolute Gasteiger partial charge is 0.373 e. The maximum Gasteiger partial charge on any atom is 0.227 e. The van der Waals surface area contributed by atoms with Gasteiger partial charge in [0, 0.05) is 25.6 Å². The van der Waals surface area contributed by atoms with Crippen LogP contribution in [0.4, 0.5) is 0 Å². The minimum absolute atomic E-state index is 0.0725. The summed E-state index contributed by atoms with van der Waals surface area (Å²) in [6, 6.07) is 1.42. The Bertz CT molecular complexity index is 434. The lowest BCUT2D eigenvalue weighted by Crippen LogP contribution is -2.38. The SMILES string of the molecule is COC(c1noc(CC2CC3CCC(C2)N3)n1)C(C)C. The van der Waals surface area contributed by atoms with Crippen molar-refractivity contribution < 1.29 is 9.26 Å². The van der Waals surface area contributed by atoms with E-state index in [1.165, 1.54) is 25.7 Å². The van der Waals surface area contributed by atoms with Gasteiger partial charge >= 0.3 is 0 Å². The molecule has 20 heavy (non-hydrogen) atoms. The zero-order valence-corrected chi connectivity index (χ0v) is 12.6. The number of hydrogen-bond acceptors (Lipinski definition) is 5. The molecule has 1 aromatic rings. The average molecular weight is 279 g/mol. The van der Waals surface area contributed by atoms with Gasteiger partial charge < -0.3 is 14.6 Å². The fourth-order valence-corrected chi connectivity index (χ4v) is 3.73. The van der Waals surface area contributed by atoms with Gasteiger partial charge in [-0.3, -0.25) is 0 Å². The molecule has 5 heteroatoms. The second-order valence-corrected chi connectivity index (χ2v) is 6.63. The molecule has 0 aliphatic carbocycles. The van der Waals surface area contributed by atoms with Gasteiger partial charge in [-0.2, -0.15) is 4.98 Å². The van der Waals surface area contributed by atoms with Crippen molar-refractivity contribution >= 4 is 0 Å². The van der Waals surface area contributed by atoms with Crippen molar-refractivity contribution in [3.63, 3.8) is 0 Å². The molecule has 0 aromatic carbocycles. The molecule has 2 bridgehead atoms. The van der Waals surface area contributed by atoms with Crippen molar-refractivity contribution in [1.82, 2.24) is 15.5 Å². The molecular weight excluding hydrogens is 254 g/mol. The average Bonchev–Trinajstić information content (AvgIpc) is 2.97. The number of ether oxygens (including phenoxy) is 1. The van der Waals surface area contributed by atoms with Crippen molar-refractivity contribution in [2.75, 3.05) is 7.11 Å². The Hall–Kier alpha value is -0.940.